The monoisotopic (exact) mass is 389 g/mol. The van der Waals surface area contributed by atoms with Crippen LogP contribution in [0.3, 0.4) is 0 Å². The van der Waals surface area contributed by atoms with Gasteiger partial charge in [-0.15, -0.1) is 0 Å². The summed E-state index contributed by atoms with van der Waals surface area (Å²) in [6, 6.07) is 18.7. The topological polar surface area (TPSA) is 61.1 Å². The molecule has 0 aliphatic rings. The number of allylic oxidation sites excluding steroid dienone is 1. The summed E-state index contributed by atoms with van der Waals surface area (Å²) in [6.07, 6.45) is 0. The fourth-order valence-corrected chi connectivity index (χ4v) is 1.69. The van der Waals surface area contributed by atoms with Crippen LogP contribution in [-0.4, -0.2) is 10.9 Å². The van der Waals surface area contributed by atoms with Crippen molar-refractivity contribution in [1.82, 2.24) is 0 Å². The van der Waals surface area contributed by atoms with Gasteiger partial charge >= 0.3 is 0 Å². The number of benzene rings is 2. The maximum atomic E-state index is 12.2. The average molecular weight is 389 g/mol. The number of nitriles is 1. The molecule has 20 heavy (non-hydrogen) atoms. The number of hydrogen-bond acceptors (Lipinski definition) is 3. The molecule has 0 unspecified atom stereocenters. The third-order valence-electron chi connectivity index (χ3n) is 2.66. The molecular formula is C16H11CeNO2. The maximum absolute atomic E-state index is 12.2. The van der Waals surface area contributed by atoms with Crippen LogP contribution in [0, 0.1) is 53.1 Å². The van der Waals surface area contributed by atoms with Gasteiger partial charge in [-0.2, -0.15) is 5.26 Å². The van der Waals surface area contributed by atoms with Gasteiger partial charge < -0.3 is 5.11 Å². The summed E-state index contributed by atoms with van der Waals surface area (Å²) in [7, 11) is 0. The van der Waals surface area contributed by atoms with Crippen molar-refractivity contribution in [3.8, 4) is 6.07 Å². The van der Waals surface area contributed by atoms with Crippen LogP contribution in [0.15, 0.2) is 66.2 Å². The van der Waals surface area contributed by atoms with Gasteiger partial charge in [0.2, 0.25) is 5.78 Å². The van der Waals surface area contributed by atoms with Gasteiger partial charge in [0.25, 0.3) is 0 Å². The molecule has 0 bridgehead atoms. The first-order valence-corrected chi connectivity index (χ1v) is 5.72. The van der Waals surface area contributed by atoms with Gasteiger partial charge in [-0.25, -0.2) is 0 Å². The third-order valence-corrected chi connectivity index (χ3v) is 2.66. The Bertz CT molecular complexity index is 658. The van der Waals surface area contributed by atoms with E-state index in [9.17, 15) is 9.90 Å². The van der Waals surface area contributed by atoms with Crippen LogP contribution in [0.4, 0.5) is 0 Å². The minimum absolute atomic E-state index is 0. The third kappa shape index (κ3) is 3.76. The molecule has 0 spiro atoms. The molecule has 0 aromatic heterocycles. The summed E-state index contributed by atoms with van der Waals surface area (Å²) in [4.78, 5) is 12.2. The van der Waals surface area contributed by atoms with Crippen LogP contribution in [0.5, 0.6) is 0 Å². The first-order chi connectivity index (χ1) is 9.24. The fraction of sp³-hybridized carbons (Fsp3) is 0. The van der Waals surface area contributed by atoms with E-state index in [2.05, 4.69) is 0 Å². The minimum Gasteiger partial charge on any atom is -0.506 e. The van der Waals surface area contributed by atoms with Crippen LogP contribution < -0.4 is 0 Å². The van der Waals surface area contributed by atoms with Crippen molar-refractivity contribution in [1.29, 1.82) is 5.26 Å². The van der Waals surface area contributed by atoms with Gasteiger partial charge in [0.1, 0.15) is 17.4 Å². The number of aliphatic hydroxyl groups is 1. The Balaban J connectivity index is 0.00000200. The minimum atomic E-state index is -0.482. The fourth-order valence-electron chi connectivity index (χ4n) is 1.69. The molecule has 2 rings (SSSR count). The Morgan fingerprint density at radius 2 is 1.35 bits per heavy atom. The van der Waals surface area contributed by atoms with Gasteiger partial charge in [-0.1, -0.05) is 60.7 Å². The Labute approximate surface area is 150 Å². The molecule has 4 heteroatoms. The van der Waals surface area contributed by atoms with Crippen molar-refractivity contribution >= 4 is 11.5 Å². The zero-order valence-electron chi connectivity index (χ0n) is 10.6. The van der Waals surface area contributed by atoms with Crippen LogP contribution in [0.2, 0.25) is 0 Å². The molecule has 0 saturated heterocycles. The molecule has 0 aliphatic carbocycles. The molecular weight excluding hydrogens is 378 g/mol. The van der Waals surface area contributed by atoms with E-state index in [1.54, 1.807) is 66.7 Å². The van der Waals surface area contributed by atoms with Gasteiger partial charge in [0, 0.05) is 52.9 Å². The van der Waals surface area contributed by atoms with Gasteiger partial charge in [0.05, 0.1) is 0 Å². The van der Waals surface area contributed by atoms with Crippen molar-refractivity contribution in [3.05, 3.63) is 77.4 Å². The van der Waals surface area contributed by atoms with Crippen LogP contribution in [-0.2, 0) is 0 Å². The second-order valence-corrected chi connectivity index (χ2v) is 3.90. The molecule has 96 valence electrons. The Hall–Kier alpha value is -1.48. The molecule has 0 saturated carbocycles. The Morgan fingerprint density at radius 3 is 1.80 bits per heavy atom. The van der Waals surface area contributed by atoms with E-state index in [4.69, 9.17) is 5.26 Å². The van der Waals surface area contributed by atoms with Gasteiger partial charge in [0.15, 0.2) is 0 Å². The van der Waals surface area contributed by atoms with Crippen molar-refractivity contribution < 1.29 is 51.6 Å². The molecule has 1 N–H and O–H groups in total. The van der Waals surface area contributed by atoms with Gasteiger partial charge in [-0.3, -0.25) is 4.79 Å². The summed E-state index contributed by atoms with van der Waals surface area (Å²) in [5.41, 5.74) is 0.572. The summed E-state index contributed by atoms with van der Waals surface area (Å²) < 4.78 is 0. The predicted molar refractivity (Wildman–Crippen MR) is 72.4 cm³/mol. The summed E-state index contributed by atoms with van der Waals surface area (Å²) in [5.74, 6) is -0.776. The van der Waals surface area contributed by atoms with Crippen molar-refractivity contribution in [3.63, 3.8) is 0 Å². The van der Waals surface area contributed by atoms with E-state index in [1.807, 2.05) is 0 Å². The van der Waals surface area contributed by atoms with E-state index in [0.29, 0.717) is 11.1 Å². The van der Waals surface area contributed by atoms with E-state index >= 15 is 0 Å². The van der Waals surface area contributed by atoms with E-state index in [0.717, 1.165) is 0 Å². The number of Topliss-reactive ketones (excluding diaryl/α,β-unsaturated/α-hetero) is 1. The van der Waals surface area contributed by atoms with Crippen molar-refractivity contribution in [2.24, 2.45) is 0 Å². The second kappa shape index (κ2) is 7.95. The van der Waals surface area contributed by atoms with E-state index in [-0.39, 0.29) is 53.1 Å². The quantitative estimate of drug-likeness (QED) is 0.379. The number of hydrogen-bond donors (Lipinski definition) is 1. The number of nitrogens with zero attached hydrogens (tertiary/aromatic N) is 1. The molecule has 0 radical (unpaired) electrons. The van der Waals surface area contributed by atoms with E-state index in [1.165, 1.54) is 0 Å². The first kappa shape index (κ1) is 16.6. The number of rotatable bonds is 3. The average Bonchev–Trinajstić information content (AvgIpc) is 2.49. The van der Waals surface area contributed by atoms with E-state index < -0.39 is 5.78 Å². The van der Waals surface area contributed by atoms with Gasteiger partial charge in [-0.05, 0) is 0 Å². The molecule has 0 atom stereocenters. The summed E-state index contributed by atoms with van der Waals surface area (Å²) >= 11 is 0. The smallest absolute Gasteiger partial charge is 0.207 e. The SMILES string of the molecule is N#C/C(C(=O)c1ccccc1)=C(/O)c1ccccc1.[Ce]. The number of aliphatic hydroxyl groups excluding tert-OH is 1. The standard InChI is InChI=1S/C16H11NO2.Ce/c17-11-14(15(18)12-7-3-1-4-8-12)16(19)13-9-5-2-6-10-13;/h1-10,18H;/b15-14-;. The second-order valence-electron chi connectivity index (χ2n) is 3.90. The van der Waals surface area contributed by atoms with Crippen LogP contribution in [0.1, 0.15) is 15.9 Å². The number of ketones is 1. The molecule has 2 aromatic carbocycles. The number of carbonyl (C=O) groups excluding carboxylic acids is 1. The first-order valence-electron chi connectivity index (χ1n) is 5.72. The zero-order chi connectivity index (χ0) is 13.7. The maximum Gasteiger partial charge on any atom is 0.207 e. The predicted octanol–water partition coefficient (Wildman–Crippen LogP) is 3.36. The van der Waals surface area contributed by atoms with Crippen molar-refractivity contribution in [2.45, 2.75) is 0 Å². The molecule has 0 aliphatic heterocycles. The normalized spacial score (nSPS) is 10.8. The van der Waals surface area contributed by atoms with Crippen molar-refractivity contribution in [2.75, 3.05) is 0 Å². The Morgan fingerprint density at radius 1 is 0.900 bits per heavy atom. The van der Waals surface area contributed by atoms with Crippen LogP contribution in [0.25, 0.3) is 5.76 Å². The van der Waals surface area contributed by atoms with Crippen LogP contribution >= 0.6 is 0 Å². The molecule has 0 heterocycles. The Kier molecular flexibility index (Phi) is 6.59. The molecule has 2 aromatic rings. The zero-order valence-corrected chi connectivity index (χ0v) is 13.7. The molecule has 0 fully saturated rings. The molecule has 3 nitrogen and oxygen atoms in total. The number of carbonyl (C=O) groups is 1. The largest absolute Gasteiger partial charge is 0.506 e. The summed E-state index contributed by atoms with van der Waals surface area (Å²) in [5, 5.41) is 19.1. The molecule has 0 amide bonds. The summed E-state index contributed by atoms with van der Waals surface area (Å²) in [6.45, 7) is 0.